The third kappa shape index (κ3) is 2.46. The van der Waals surface area contributed by atoms with Crippen LogP contribution in [-0.4, -0.2) is 16.3 Å². The lowest BCUT2D eigenvalue weighted by molar-refractivity contribution is 0.432. The maximum absolute atomic E-state index is 6.42. The van der Waals surface area contributed by atoms with Crippen molar-refractivity contribution in [2.45, 2.75) is 51.0 Å². The highest BCUT2D eigenvalue weighted by Crippen LogP contribution is 2.36. The molecule has 0 spiro atoms. The van der Waals surface area contributed by atoms with Gasteiger partial charge in [-0.25, -0.2) is 4.68 Å². The summed E-state index contributed by atoms with van der Waals surface area (Å²) >= 11 is 6.42. The Morgan fingerprint density at radius 3 is 2.77 bits per heavy atom. The number of nitrogens with one attached hydrogen (secondary N) is 1. The van der Waals surface area contributed by atoms with E-state index in [1.54, 1.807) is 0 Å². The fourth-order valence-corrected chi connectivity index (χ4v) is 4.12. The summed E-state index contributed by atoms with van der Waals surface area (Å²) in [6.45, 7) is 1.97. The van der Waals surface area contributed by atoms with Gasteiger partial charge in [-0.1, -0.05) is 43.0 Å². The molecule has 0 unspecified atom stereocenters. The van der Waals surface area contributed by atoms with E-state index in [1.807, 2.05) is 18.2 Å². The molecule has 4 heteroatoms. The van der Waals surface area contributed by atoms with Crippen LogP contribution in [0.2, 0.25) is 5.02 Å². The summed E-state index contributed by atoms with van der Waals surface area (Å²) in [5.74, 6) is 0.631. The van der Waals surface area contributed by atoms with Crippen molar-refractivity contribution in [3.8, 4) is 5.69 Å². The highest BCUT2D eigenvalue weighted by atomic mass is 35.5. The Labute approximate surface area is 136 Å². The first-order valence-electron chi connectivity index (χ1n) is 8.41. The molecule has 0 bridgehead atoms. The fourth-order valence-electron chi connectivity index (χ4n) is 3.90. The van der Waals surface area contributed by atoms with Crippen molar-refractivity contribution < 1.29 is 0 Å². The van der Waals surface area contributed by atoms with Crippen LogP contribution in [0.4, 0.5) is 0 Å². The summed E-state index contributed by atoms with van der Waals surface area (Å²) in [7, 11) is 0. The fraction of sp³-hybridized carbons (Fsp3) is 0.500. The topological polar surface area (TPSA) is 29.9 Å². The van der Waals surface area contributed by atoms with Gasteiger partial charge < -0.3 is 5.32 Å². The van der Waals surface area contributed by atoms with Gasteiger partial charge in [0.15, 0.2) is 0 Å². The number of para-hydroxylation sites is 1. The number of aromatic nitrogens is 2. The van der Waals surface area contributed by atoms with Crippen LogP contribution < -0.4 is 5.32 Å². The van der Waals surface area contributed by atoms with Crippen molar-refractivity contribution in [1.82, 2.24) is 15.1 Å². The Kier molecular flexibility index (Phi) is 3.93. The van der Waals surface area contributed by atoms with E-state index in [9.17, 15) is 0 Å². The Balaban J connectivity index is 1.82. The molecule has 22 heavy (non-hydrogen) atoms. The Morgan fingerprint density at radius 2 is 1.95 bits per heavy atom. The number of hydrogen-bond acceptors (Lipinski definition) is 2. The smallest absolute Gasteiger partial charge is 0.0835 e. The Morgan fingerprint density at radius 1 is 1.14 bits per heavy atom. The number of rotatable bonds is 2. The maximum atomic E-state index is 6.42. The minimum absolute atomic E-state index is 0.631. The van der Waals surface area contributed by atoms with E-state index in [2.05, 4.69) is 16.1 Å². The van der Waals surface area contributed by atoms with Crippen LogP contribution >= 0.6 is 11.6 Å². The number of benzene rings is 1. The molecule has 1 N–H and O–H groups in total. The lowest BCUT2D eigenvalue weighted by Crippen LogP contribution is -2.25. The van der Waals surface area contributed by atoms with E-state index in [0.29, 0.717) is 5.92 Å². The summed E-state index contributed by atoms with van der Waals surface area (Å²) < 4.78 is 2.11. The first-order valence-corrected chi connectivity index (χ1v) is 8.78. The standard InChI is InChI=1S/C18H22ClN3/c19-15-8-4-5-9-17(15)22-16-10-11-20-12-14(16)18(21-22)13-6-2-1-3-7-13/h4-5,8-9,13,20H,1-3,6-7,10-12H2. The van der Waals surface area contributed by atoms with E-state index in [4.69, 9.17) is 16.7 Å². The molecule has 116 valence electrons. The zero-order valence-electron chi connectivity index (χ0n) is 12.8. The molecule has 0 saturated heterocycles. The van der Waals surface area contributed by atoms with Crippen molar-refractivity contribution in [3.05, 3.63) is 46.2 Å². The second-order valence-electron chi connectivity index (χ2n) is 6.44. The van der Waals surface area contributed by atoms with Gasteiger partial charge in [0.25, 0.3) is 0 Å². The number of nitrogens with zero attached hydrogens (tertiary/aromatic N) is 2. The second kappa shape index (κ2) is 6.05. The molecule has 1 aliphatic carbocycles. The minimum atomic E-state index is 0.631. The third-order valence-corrected chi connectivity index (χ3v) is 5.35. The lowest BCUT2D eigenvalue weighted by atomic mass is 9.84. The summed E-state index contributed by atoms with van der Waals surface area (Å²) in [6, 6.07) is 8.04. The zero-order valence-corrected chi connectivity index (χ0v) is 13.6. The highest BCUT2D eigenvalue weighted by molar-refractivity contribution is 6.32. The summed E-state index contributed by atoms with van der Waals surface area (Å²) in [5.41, 5.74) is 5.12. The van der Waals surface area contributed by atoms with E-state index in [-0.39, 0.29) is 0 Å². The Bertz CT molecular complexity index is 671. The molecule has 1 aromatic heterocycles. The van der Waals surface area contributed by atoms with Crippen LogP contribution in [-0.2, 0) is 13.0 Å². The van der Waals surface area contributed by atoms with Gasteiger partial charge >= 0.3 is 0 Å². The molecule has 0 atom stereocenters. The van der Waals surface area contributed by atoms with E-state index < -0.39 is 0 Å². The van der Waals surface area contributed by atoms with Crippen molar-refractivity contribution in [3.63, 3.8) is 0 Å². The van der Waals surface area contributed by atoms with Gasteiger partial charge in [-0.15, -0.1) is 0 Å². The number of hydrogen-bond donors (Lipinski definition) is 1. The average Bonchev–Trinajstić information content (AvgIpc) is 2.96. The number of halogens is 1. The molecule has 0 radical (unpaired) electrons. The van der Waals surface area contributed by atoms with Crippen molar-refractivity contribution in [2.24, 2.45) is 0 Å². The molecule has 0 amide bonds. The van der Waals surface area contributed by atoms with Crippen LogP contribution in [0.1, 0.15) is 55.0 Å². The summed E-state index contributed by atoms with van der Waals surface area (Å²) in [4.78, 5) is 0. The van der Waals surface area contributed by atoms with Crippen LogP contribution in [0, 0.1) is 0 Å². The van der Waals surface area contributed by atoms with Crippen molar-refractivity contribution >= 4 is 11.6 Å². The van der Waals surface area contributed by atoms with Gasteiger partial charge in [-0.2, -0.15) is 5.10 Å². The molecule has 1 fully saturated rings. The van der Waals surface area contributed by atoms with Crippen LogP contribution in [0.5, 0.6) is 0 Å². The maximum Gasteiger partial charge on any atom is 0.0835 e. The largest absolute Gasteiger partial charge is 0.312 e. The highest BCUT2D eigenvalue weighted by Gasteiger charge is 2.27. The normalized spacial score (nSPS) is 19.1. The predicted molar refractivity (Wildman–Crippen MR) is 89.8 cm³/mol. The first kappa shape index (κ1) is 14.3. The molecule has 2 heterocycles. The monoisotopic (exact) mass is 315 g/mol. The molecule has 1 aromatic carbocycles. The average molecular weight is 316 g/mol. The first-order chi connectivity index (χ1) is 10.8. The van der Waals surface area contributed by atoms with Gasteiger partial charge in [0.05, 0.1) is 22.1 Å². The molecular formula is C18H22ClN3. The zero-order chi connectivity index (χ0) is 14.9. The number of fused-ring (bicyclic) bond motifs is 1. The van der Waals surface area contributed by atoms with E-state index in [1.165, 1.54) is 49.1 Å². The minimum Gasteiger partial charge on any atom is -0.312 e. The molecular weight excluding hydrogens is 294 g/mol. The summed E-state index contributed by atoms with van der Waals surface area (Å²) in [6.07, 6.45) is 7.65. The van der Waals surface area contributed by atoms with E-state index in [0.717, 1.165) is 30.2 Å². The Hall–Kier alpha value is -1.32. The second-order valence-corrected chi connectivity index (χ2v) is 6.84. The van der Waals surface area contributed by atoms with Gasteiger partial charge in [0.1, 0.15) is 0 Å². The van der Waals surface area contributed by atoms with Crippen LogP contribution in [0.3, 0.4) is 0 Å². The molecule has 4 rings (SSSR count). The van der Waals surface area contributed by atoms with Gasteiger partial charge in [0, 0.05) is 31.0 Å². The molecule has 2 aromatic rings. The van der Waals surface area contributed by atoms with Gasteiger partial charge in [-0.05, 0) is 25.0 Å². The molecule has 2 aliphatic rings. The SMILES string of the molecule is Clc1ccccc1-n1nc(C2CCCCC2)c2c1CCNC2. The van der Waals surface area contributed by atoms with Crippen molar-refractivity contribution in [1.29, 1.82) is 0 Å². The third-order valence-electron chi connectivity index (χ3n) is 5.03. The van der Waals surface area contributed by atoms with E-state index >= 15 is 0 Å². The quantitative estimate of drug-likeness (QED) is 0.899. The van der Waals surface area contributed by atoms with Crippen molar-refractivity contribution in [2.75, 3.05) is 6.54 Å². The molecule has 1 saturated carbocycles. The van der Waals surface area contributed by atoms with Crippen LogP contribution in [0.15, 0.2) is 24.3 Å². The van der Waals surface area contributed by atoms with Gasteiger partial charge in [-0.3, -0.25) is 0 Å². The lowest BCUT2D eigenvalue weighted by Gasteiger charge is -2.22. The van der Waals surface area contributed by atoms with Gasteiger partial charge in [0.2, 0.25) is 0 Å². The molecule has 1 aliphatic heterocycles. The molecule has 3 nitrogen and oxygen atoms in total. The van der Waals surface area contributed by atoms with Crippen LogP contribution in [0.25, 0.3) is 5.69 Å². The predicted octanol–water partition coefficient (Wildman–Crippen LogP) is 4.22. The summed E-state index contributed by atoms with van der Waals surface area (Å²) in [5, 5.41) is 9.33.